The number of phenols is 1. The number of esters is 2. The summed E-state index contributed by atoms with van der Waals surface area (Å²) in [6, 6.07) is 4.09. The van der Waals surface area contributed by atoms with Crippen LogP contribution in [0.15, 0.2) is 18.2 Å². The molecule has 2 aromatic rings. The molecule has 0 spiro atoms. The van der Waals surface area contributed by atoms with Crippen LogP contribution in [0.3, 0.4) is 0 Å². The van der Waals surface area contributed by atoms with Crippen molar-refractivity contribution in [1.82, 2.24) is 4.98 Å². The highest BCUT2D eigenvalue weighted by Crippen LogP contribution is 2.25. The van der Waals surface area contributed by atoms with Crippen LogP contribution < -0.4 is 4.74 Å². The summed E-state index contributed by atoms with van der Waals surface area (Å²) in [5.74, 6) is -1.88. The van der Waals surface area contributed by atoms with E-state index in [1.165, 1.54) is 39.3 Å². The molecule has 0 amide bonds. The van der Waals surface area contributed by atoms with E-state index in [-0.39, 0.29) is 22.6 Å². The Hall–Kier alpha value is -3.29. The molecule has 1 heterocycles. The van der Waals surface area contributed by atoms with Gasteiger partial charge in [-0.2, -0.15) is 0 Å². The maximum Gasteiger partial charge on any atom is 0.342 e. The number of carbonyl (C=O) groups is 3. The van der Waals surface area contributed by atoms with Crippen molar-refractivity contribution in [2.75, 3.05) is 14.2 Å². The van der Waals surface area contributed by atoms with E-state index in [9.17, 15) is 19.5 Å². The first-order chi connectivity index (χ1) is 12.7. The smallest absolute Gasteiger partial charge is 0.342 e. The molecule has 8 nitrogen and oxygen atoms in total. The minimum Gasteiger partial charge on any atom is -0.507 e. The van der Waals surface area contributed by atoms with Gasteiger partial charge in [0.25, 0.3) is 0 Å². The Bertz CT molecular complexity index is 898. The van der Waals surface area contributed by atoms with Gasteiger partial charge in [-0.05, 0) is 44.5 Å². The number of hydrogen-bond donors (Lipinski definition) is 2. The number of phenolic OH excluding ortho intramolecular Hbond substituents is 1. The maximum absolute atomic E-state index is 12.7. The number of aryl methyl sites for hydroxylation is 1. The number of Topliss-reactive ketones (excluding diaryl/α,β-unsaturated/α-hetero) is 1. The third-order valence-electron chi connectivity index (χ3n) is 4.15. The fourth-order valence-corrected chi connectivity index (χ4v) is 2.69. The van der Waals surface area contributed by atoms with E-state index in [0.717, 1.165) is 0 Å². The first kappa shape index (κ1) is 20.0. The summed E-state index contributed by atoms with van der Waals surface area (Å²) in [6.45, 7) is 4.65. The molecule has 0 saturated heterocycles. The average molecular weight is 375 g/mol. The number of carbonyl (C=O) groups excluding carboxylic acids is 3. The molecule has 0 saturated carbocycles. The van der Waals surface area contributed by atoms with Crippen molar-refractivity contribution in [3.8, 4) is 11.5 Å². The summed E-state index contributed by atoms with van der Waals surface area (Å²) >= 11 is 0. The number of ketones is 1. The molecule has 1 aromatic carbocycles. The summed E-state index contributed by atoms with van der Waals surface area (Å²) in [5.41, 5.74) is 1.19. The molecular formula is C19H21NO7. The lowest BCUT2D eigenvalue weighted by Crippen LogP contribution is -2.25. The first-order valence-electron chi connectivity index (χ1n) is 8.10. The Morgan fingerprint density at radius 1 is 1.11 bits per heavy atom. The molecule has 8 heteroatoms. The molecule has 0 bridgehead atoms. The van der Waals surface area contributed by atoms with Crippen molar-refractivity contribution in [2.45, 2.75) is 26.9 Å². The first-order valence-corrected chi connectivity index (χ1v) is 8.10. The van der Waals surface area contributed by atoms with Gasteiger partial charge in [-0.15, -0.1) is 0 Å². The minimum absolute atomic E-state index is 0.122. The number of aromatic nitrogens is 1. The molecule has 0 aliphatic heterocycles. The molecule has 2 rings (SSSR count). The highest BCUT2D eigenvalue weighted by atomic mass is 16.5. The molecule has 27 heavy (non-hydrogen) atoms. The van der Waals surface area contributed by atoms with Gasteiger partial charge in [0, 0.05) is 5.69 Å². The predicted molar refractivity (Wildman–Crippen MR) is 95.5 cm³/mol. The van der Waals surface area contributed by atoms with Crippen LogP contribution in [0, 0.1) is 13.8 Å². The summed E-state index contributed by atoms with van der Waals surface area (Å²) in [5, 5.41) is 9.84. The van der Waals surface area contributed by atoms with Crippen LogP contribution in [0.1, 0.15) is 49.4 Å². The normalized spacial score (nSPS) is 11.6. The molecule has 0 fully saturated rings. The van der Waals surface area contributed by atoms with Crippen LogP contribution in [0.25, 0.3) is 0 Å². The monoisotopic (exact) mass is 375 g/mol. The van der Waals surface area contributed by atoms with Gasteiger partial charge in [-0.1, -0.05) is 0 Å². The van der Waals surface area contributed by atoms with Gasteiger partial charge in [-0.3, -0.25) is 4.79 Å². The largest absolute Gasteiger partial charge is 0.507 e. The summed E-state index contributed by atoms with van der Waals surface area (Å²) < 4.78 is 14.9. The van der Waals surface area contributed by atoms with Gasteiger partial charge < -0.3 is 24.3 Å². The van der Waals surface area contributed by atoms with Gasteiger partial charge in [-0.25, -0.2) is 9.59 Å². The Morgan fingerprint density at radius 2 is 1.78 bits per heavy atom. The van der Waals surface area contributed by atoms with E-state index in [0.29, 0.717) is 17.0 Å². The molecule has 1 atom stereocenters. The van der Waals surface area contributed by atoms with E-state index in [2.05, 4.69) is 4.98 Å². The Morgan fingerprint density at radius 3 is 2.37 bits per heavy atom. The highest BCUT2D eigenvalue weighted by molar-refractivity contribution is 6.04. The Kier molecular flexibility index (Phi) is 5.89. The molecule has 0 unspecified atom stereocenters. The maximum atomic E-state index is 12.7. The predicted octanol–water partition coefficient (Wildman–Crippen LogP) is 2.56. The Labute approximate surface area is 156 Å². The number of rotatable bonds is 6. The summed E-state index contributed by atoms with van der Waals surface area (Å²) in [6.07, 6.45) is -1.15. The lowest BCUT2D eigenvalue weighted by Gasteiger charge is -2.13. The van der Waals surface area contributed by atoms with E-state index in [1.807, 2.05) is 0 Å². The van der Waals surface area contributed by atoms with Crippen LogP contribution in [-0.4, -0.2) is 48.1 Å². The number of methoxy groups -OCH3 is 2. The van der Waals surface area contributed by atoms with E-state index in [4.69, 9.17) is 14.2 Å². The van der Waals surface area contributed by atoms with Crippen LogP contribution in [0.4, 0.5) is 0 Å². The van der Waals surface area contributed by atoms with Gasteiger partial charge in [0.15, 0.2) is 6.10 Å². The SMILES string of the molecule is COC(=O)c1c(C)[nH]c(C(=O)[C@@H](C)OC(=O)c2cc(OC)ccc2O)c1C. The summed E-state index contributed by atoms with van der Waals surface area (Å²) in [4.78, 5) is 39.7. The lowest BCUT2D eigenvalue weighted by atomic mass is 10.1. The second kappa shape index (κ2) is 7.94. The van der Waals surface area contributed by atoms with Gasteiger partial charge in [0.2, 0.25) is 5.78 Å². The number of ether oxygens (including phenoxy) is 3. The Balaban J connectivity index is 2.24. The number of hydrogen-bond acceptors (Lipinski definition) is 7. The zero-order valence-corrected chi connectivity index (χ0v) is 15.7. The third-order valence-corrected chi connectivity index (χ3v) is 4.15. The van der Waals surface area contributed by atoms with Crippen LogP contribution in [0.5, 0.6) is 11.5 Å². The van der Waals surface area contributed by atoms with Crippen molar-refractivity contribution in [2.24, 2.45) is 0 Å². The third kappa shape index (κ3) is 3.94. The number of benzene rings is 1. The van der Waals surface area contributed by atoms with Crippen molar-refractivity contribution in [3.63, 3.8) is 0 Å². The highest BCUT2D eigenvalue weighted by Gasteiger charge is 2.28. The zero-order valence-electron chi connectivity index (χ0n) is 15.7. The molecule has 0 radical (unpaired) electrons. The second-order valence-corrected chi connectivity index (χ2v) is 5.91. The molecule has 0 aliphatic carbocycles. The minimum atomic E-state index is -1.15. The van der Waals surface area contributed by atoms with Crippen molar-refractivity contribution < 1.29 is 33.7 Å². The number of H-pyrrole nitrogens is 1. The van der Waals surface area contributed by atoms with E-state index >= 15 is 0 Å². The van der Waals surface area contributed by atoms with Crippen molar-refractivity contribution in [1.29, 1.82) is 0 Å². The van der Waals surface area contributed by atoms with Crippen molar-refractivity contribution in [3.05, 3.63) is 46.3 Å². The van der Waals surface area contributed by atoms with E-state index in [1.54, 1.807) is 13.8 Å². The van der Waals surface area contributed by atoms with Gasteiger partial charge >= 0.3 is 11.9 Å². The van der Waals surface area contributed by atoms with Crippen LogP contribution in [-0.2, 0) is 9.47 Å². The number of aromatic amines is 1. The van der Waals surface area contributed by atoms with Gasteiger partial charge in [0.05, 0.1) is 25.5 Å². The zero-order chi connectivity index (χ0) is 20.3. The number of aromatic hydroxyl groups is 1. The number of nitrogens with one attached hydrogen (secondary N) is 1. The molecule has 2 N–H and O–H groups in total. The van der Waals surface area contributed by atoms with E-state index < -0.39 is 23.8 Å². The standard InChI is InChI=1S/C19H21NO7/c1-9-15(19(24)26-5)10(2)20-16(9)17(22)11(3)27-18(23)13-8-12(25-4)6-7-14(13)21/h6-8,11,20-21H,1-5H3/t11-/m1/s1. The quantitative estimate of drug-likeness (QED) is 0.589. The molecular weight excluding hydrogens is 354 g/mol. The molecule has 144 valence electrons. The topological polar surface area (TPSA) is 115 Å². The van der Waals surface area contributed by atoms with Gasteiger partial charge in [0.1, 0.15) is 17.1 Å². The van der Waals surface area contributed by atoms with Crippen LogP contribution in [0.2, 0.25) is 0 Å². The molecule has 0 aliphatic rings. The summed E-state index contributed by atoms with van der Waals surface area (Å²) in [7, 11) is 2.67. The van der Waals surface area contributed by atoms with Crippen LogP contribution >= 0.6 is 0 Å². The fraction of sp³-hybridized carbons (Fsp3) is 0.316. The second-order valence-electron chi connectivity index (χ2n) is 5.91. The lowest BCUT2D eigenvalue weighted by molar-refractivity contribution is 0.0313. The average Bonchev–Trinajstić information content (AvgIpc) is 2.94. The van der Waals surface area contributed by atoms with Crippen molar-refractivity contribution >= 4 is 17.7 Å². The molecule has 1 aromatic heterocycles. The fourth-order valence-electron chi connectivity index (χ4n) is 2.69.